The Bertz CT molecular complexity index is 1820. The van der Waals surface area contributed by atoms with Crippen LogP contribution in [0.3, 0.4) is 0 Å². The van der Waals surface area contributed by atoms with Gasteiger partial charge >= 0.3 is 35.2 Å². The fourth-order valence-electron chi connectivity index (χ4n) is 5.97. The molecule has 3 aliphatic heterocycles. The van der Waals surface area contributed by atoms with Gasteiger partial charge in [0.05, 0.1) is 30.4 Å². The second-order valence-electron chi connectivity index (χ2n) is 12.8. The van der Waals surface area contributed by atoms with Gasteiger partial charge in [-0.1, -0.05) is 25.0 Å². The molecule has 0 aliphatic carbocycles. The minimum absolute atomic E-state index is 0.0169. The fraction of sp³-hybridized carbons (Fsp3) is 0.679. The molecule has 4 rings (SSSR count). The Labute approximate surface area is 317 Å². The number of aliphatic hydroxyl groups excluding tert-OH is 1. The molecule has 0 saturated carbocycles. The number of carbonyl (C=O) groups is 3. The highest BCUT2D eigenvalue weighted by molar-refractivity contribution is 8.00. The number of nitrogens with one attached hydrogen (secondary N) is 5. The van der Waals surface area contributed by atoms with E-state index in [1.54, 1.807) is 0 Å². The average Bonchev–Trinajstić information content (AvgIpc) is 3.74. The van der Waals surface area contributed by atoms with E-state index in [0.717, 1.165) is 42.2 Å². The normalized spacial score (nSPS) is 25.9. The van der Waals surface area contributed by atoms with Crippen molar-refractivity contribution in [2.45, 2.75) is 93.6 Å². The zero-order chi connectivity index (χ0) is 40.4. The van der Waals surface area contributed by atoms with Crippen LogP contribution < -0.4 is 32.5 Å². The molecule has 55 heavy (non-hydrogen) atoms. The molecule has 1 aromatic heterocycles. The number of aromatic nitrogens is 2. The summed E-state index contributed by atoms with van der Waals surface area (Å²) in [5.41, 5.74) is -1.71. The third kappa shape index (κ3) is 15.0. The predicted molar refractivity (Wildman–Crippen MR) is 193 cm³/mol. The molecule has 23 nitrogen and oxygen atoms in total. The van der Waals surface area contributed by atoms with Gasteiger partial charge in [0.25, 0.3) is 5.56 Å². The summed E-state index contributed by atoms with van der Waals surface area (Å²) >= 11 is 1.85. The summed E-state index contributed by atoms with van der Waals surface area (Å²) in [5.74, 6) is 0.653. The molecule has 0 radical (unpaired) electrons. The lowest BCUT2D eigenvalue weighted by Crippen LogP contribution is -2.36. The van der Waals surface area contributed by atoms with Crippen LogP contribution in [0.5, 0.6) is 0 Å². The number of H-pyrrole nitrogens is 1. The Balaban J connectivity index is 1.10. The lowest BCUT2D eigenvalue weighted by molar-refractivity contribution is -0.122. The second kappa shape index (κ2) is 20.1. The summed E-state index contributed by atoms with van der Waals surface area (Å²) < 4.78 is 52.4. The number of aliphatic hydroxyl groups is 1. The number of fused-ring (bicyclic) bond motifs is 1. The van der Waals surface area contributed by atoms with Crippen molar-refractivity contribution in [3.05, 3.63) is 38.7 Å². The first-order chi connectivity index (χ1) is 25.8. The maximum absolute atomic E-state index is 12.5. The molecule has 0 spiro atoms. The molecule has 27 heteroatoms. The highest BCUT2D eigenvalue weighted by atomic mass is 32.2. The van der Waals surface area contributed by atoms with Crippen molar-refractivity contribution in [2.24, 2.45) is 0 Å². The number of rotatable bonds is 22. The third-order valence-electron chi connectivity index (χ3n) is 8.53. The Kier molecular flexibility index (Phi) is 16.5. The lowest BCUT2D eigenvalue weighted by Gasteiger charge is -2.19. The van der Waals surface area contributed by atoms with Gasteiger partial charge in [0.2, 0.25) is 11.8 Å². The summed E-state index contributed by atoms with van der Waals surface area (Å²) in [6.45, 7) is -0.388. The van der Waals surface area contributed by atoms with Crippen LogP contribution in [0.1, 0.15) is 69.6 Å². The summed E-state index contributed by atoms with van der Waals surface area (Å²) in [4.78, 5) is 99.0. The number of amides is 4. The quantitative estimate of drug-likeness (QED) is 0.0418. The zero-order valence-corrected chi connectivity index (χ0v) is 32.7. The van der Waals surface area contributed by atoms with Crippen LogP contribution in [0.4, 0.5) is 4.79 Å². The molecule has 4 amide bonds. The monoisotopic (exact) mass is 862 g/mol. The van der Waals surface area contributed by atoms with Crippen molar-refractivity contribution in [3.63, 3.8) is 0 Å². The molecule has 1 aromatic rings. The summed E-state index contributed by atoms with van der Waals surface area (Å²) in [7, 11) is -16.8. The number of phosphoric ester groups is 1. The number of phosphoric acid groups is 3. The van der Waals surface area contributed by atoms with Crippen LogP contribution in [0.25, 0.3) is 6.08 Å². The van der Waals surface area contributed by atoms with Crippen molar-refractivity contribution < 1.29 is 70.6 Å². The van der Waals surface area contributed by atoms with Gasteiger partial charge in [0, 0.05) is 49.6 Å². The van der Waals surface area contributed by atoms with Gasteiger partial charge in [-0.2, -0.15) is 20.4 Å². The van der Waals surface area contributed by atoms with Crippen LogP contribution in [-0.2, 0) is 41.2 Å². The van der Waals surface area contributed by atoms with E-state index in [-0.39, 0.29) is 54.9 Å². The standard InChI is InChI=1S/C28H45N6O17P3S/c35-19-13-24(49-20(19)15-48-53(44,45)51-54(46,47)50-52(41,42)43)34-14-17(26(38)33-28(34)40)7-6-12-30-22(36)9-2-1-5-11-29-23(37)10-4-3-8-21-25-18(16-55-21)31-27(39)32-25/h6-7,14,18-21,24-25,35H,1-5,8-13,15-16H2,(H,29,37)(H,30,36)(H,44,45)(H,46,47)(H2,31,32,39)(H,33,38,40)(H2,41,42,43)/b7-6+/t18-,19+,20-,21+,24-,25+/m1/s1. The van der Waals surface area contributed by atoms with Crippen LogP contribution >= 0.6 is 35.2 Å². The lowest BCUT2D eigenvalue weighted by atomic mass is 10.0. The summed E-state index contributed by atoms with van der Waals surface area (Å²) in [6, 6.07) is 0.235. The van der Waals surface area contributed by atoms with E-state index in [1.165, 1.54) is 12.2 Å². The predicted octanol–water partition coefficient (Wildman–Crippen LogP) is 0.0601. The Morgan fingerprint density at radius 1 is 0.964 bits per heavy atom. The van der Waals surface area contributed by atoms with Gasteiger partial charge in [-0.25, -0.2) is 23.3 Å². The smallest absolute Gasteiger partial charge is 0.390 e. The van der Waals surface area contributed by atoms with E-state index in [2.05, 4.69) is 39.4 Å². The summed E-state index contributed by atoms with van der Waals surface area (Å²) in [5, 5.41) is 22.2. The highest BCUT2D eigenvalue weighted by Crippen LogP contribution is 2.66. The number of ether oxygens (including phenoxy) is 1. The minimum Gasteiger partial charge on any atom is -0.390 e. The Morgan fingerprint density at radius 3 is 2.40 bits per heavy atom. The van der Waals surface area contributed by atoms with Crippen molar-refractivity contribution in [2.75, 3.05) is 25.4 Å². The maximum Gasteiger partial charge on any atom is 0.490 e. The SMILES string of the molecule is O=C(CCCCCNC(=O)CCCC[C@@H]1SC[C@H]2NC(=O)N[C@H]12)NC/C=C/c1cn([C@H]2C[C@H](O)[C@@H](COP(=O)(O)OP(=O)(O)OP(=O)(O)O)O2)c(=O)[nH]c1=O. The van der Waals surface area contributed by atoms with Crippen LogP contribution in [-0.4, -0.2) is 107 Å². The van der Waals surface area contributed by atoms with Crippen LogP contribution in [0.2, 0.25) is 0 Å². The van der Waals surface area contributed by atoms with E-state index in [0.29, 0.717) is 31.1 Å². The van der Waals surface area contributed by atoms with Gasteiger partial charge in [-0.15, -0.1) is 0 Å². The van der Waals surface area contributed by atoms with E-state index >= 15 is 0 Å². The van der Waals surface area contributed by atoms with Crippen molar-refractivity contribution in [3.8, 4) is 0 Å². The Morgan fingerprint density at radius 2 is 1.67 bits per heavy atom. The van der Waals surface area contributed by atoms with Gasteiger partial charge < -0.3 is 50.7 Å². The van der Waals surface area contributed by atoms with Crippen molar-refractivity contribution >= 4 is 59.2 Å². The number of nitrogens with zero attached hydrogens (tertiary/aromatic N) is 1. The molecule has 3 fully saturated rings. The van der Waals surface area contributed by atoms with E-state index in [9.17, 15) is 52.6 Å². The maximum atomic E-state index is 12.5. The molecule has 3 saturated heterocycles. The van der Waals surface area contributed by atoms with Gasteiger partial charge in [0.15, 0.2) is 0 Å². The first-order valence-electron chi connectivity index (χ1n) is 17.2. The molecule has 0 aromatic carbocycles. The number of unbranched alkanes of at least 4 members (excludes halogenated alkanes) is 3. The number of hydrogen-bond donors (Lipinski definition) is 10. The largest absolute Gasteiger partial charge is 0.490 e. The zero-order valence-electron chi connectivity index (χ0n) is 29.2. The molecule has 8 atom stereocenters. The van der Waals surface area contributed by atoms with Gasteiger partial charge in [-0.05, 0) is 25.7 Å². The van der Waals surface area contributed by atoms with Crippen LogP contribution in [0.15, 0.2) is 21.9 Å². The first kappa shape index (κ1) is 45.0. The van der Waals surface area contributed by atoms with Gasteiger partial charge in [-0.3, -0.25) is 28.5 Å². The fourth-order valence-corrected chi connectivity index (χ4v) is 10.5. The number of urea groups is 1. The number of thioether (sulfide) groups is 1. The van der Waals surface area contributed by atoms with Gasteiger partial charge in [0.1, 0.15) is 12.3 Å². The molecular formula is C28H45N6O17P3S. The first-order valence-corrected chi connectivity index (χ1v) is 22.7. The molecule has 310 valence electrons. The van der Waals surface area contributed by atoms with E-state index in [1.807, 2.05) is 11.8 Å². The van der Waals surface area contributed by atoms with Crippen LogP contribution in [0, 0.1) is 0 Å². The number of carbonyl (C=O) groups excluding carboxylic acids is 3. The summed E-state index contributed by atoms with van der Waals surface area (Å²) in [6.07, 6.45) is 4.94. The molecule has 4 heterocycles. The van der Waals surface area contributed by atoms with Crippen molar-refractivity contribution in [1.29, 1.82) is 0 Å². The van der Waals surface area contributed by atoms with E-state index < -0.39 is 59.8 Å². The molecule has 10 N–H and O–H groups in total. The minimum atomic E-state index is -5.76. The van der Waals surface area contributed by atoms with E-state index in [4.69, 9.17) is 14.5 Å². The number of hydrogen-bond acceptors (Lipinski definition) is 14. The molecule has 0 bridgehead atoms. The topological polar surface area (TPSA) is 343 Å². The average molecular weight is 863 g/mol. The molecule has 2 unspecified atom stereocenters. The third-order valence-corrected chi connectivity index (χ3v) is 13.8. The molecular weight excluding hydrogens is 817 g/mol. The molecule has 3 aliphatic rings. The van der Waals surface area contributed by atoms with Crippen molar-refractivity contribution in [1.82, 2.24) is 30.8 Å². The highest BCUT2D eigenvalue weighted by Gasteiger charge is 2.44. The second-order valence-corrected chi connectivity index (χ2v) is 18.5. The Hall–Kier alpha value is -2.69. The number of aromatic amines is 1.